The molecule has 112 valence electrons. The molecule has 0 bridgehead atoms. The molecule has 2 aromatic heterocycles. The van der Waals surface area contributed by atoms with Gasteiger partial charge < -0.3 is 10.6 Å². The topological polar surface area (TPSA) is 71.8 Å². The van der Waals surface area contributed by atoms with Gasteiger partial charge in [0.05, 0.1) is 23.3 Å². The van der Waals surface area contributed by atoms with Gasteiger partial charge in [-0.2, -0.15) is 5.10 Å². The molecule has 2 rings (SSSR count). The number of carbonyl (C=O) groups excluding carboxylic acids is 1. The average molecular weight is 308 g/mol. The third-order valence-electron chi connectivity index (χ3n) is 2.85. The van der Waals surface area contributed by atoms with Crippen LogP contribution in [0.2, 0.25) is 5.02 Å². The maximum absolute atomic E-state index is 12.1. The van der Waals surface area contributed by atoms with Gasteiger partial charge in [-0.3, -0.25) is 9.48 Å². The van der Waals surface area contributed by atoms with E-state index in [4.69, 9.17) is 11.6 Å². The van der Waals surface area contributed by atoms with Crippen molar-refractivity contribution in [2.24, 2.45) is 0 Å². The SMILES string of the molecule is CCNc1cc(C(=O)NCCn2cc(C)cn2)c(Cl)cn1. The van der Waals surface area contributed by atoms with Crippen LogP contribution in [-0.4, -0.2) is 33.8 Å². The number of hydrogen-bond acceptors (Lipinski definition) is 4. The molecule has 0 fully saturated rings. The first-order valence-electron chi connectivity index (χ1n) is 6.77. The van der Waals surface area contributed by atoms with E-state index in [1.165, 1.54) is 6.20 Å². The van der Waals surface area contributed by atoms with Gasteiger partial charge in [0, 0.05) is 25.5 Å². The number of nitrogens with one attached hydrogen (secondary N) is 2. The molecule has 0 unspecified atom stereocenters. The first-order valence-corrected chi connectivity index (χ1v) is 7.14. The molecule has 7 heteroatoms. The zero-order valence-corrected chi connectivity index (χ0v) is 12.8. The Bertz CT molecular complexity index is 626. The number of hydrogen-bond donors (Lipinski definition) is 2. The third-order valence-corrected chi connectivity index (χ3v) is 3.15. The van der Waals surface area contributed by atoms with Crippen LogP contribution in [0.15, 0.2) is 24.7 Å². The number of carbonyl (C=O) groups is 1. The molecule has 2 aromatic rings. The van der Waals surface area contributed by atoms with Crippen molar-refractivity contribution < 1.29 is 4.79 Å². The summed E-state index contributed by atoms with van der Waals surface area (Å²) in [5.41, 5.74) is 1.51. The van der Waals surface area contributed by atoms with Gasteiger partial charge in [0.2, 0.25) is 0 Å². The summed E-state index contributed by atoms with van der Waals surface area (Å²) in [7, 11) is 0. The van der Waals surface area contributed by atoms with Crippen LogP contribution >= 0.6 is 11.6 Å². The van der Waals surface area contributed by atoms with Crippen LogP contribution in [0.3, 0.4) is 0 Å². The summed E-state index contributed by atoms with van der Waals surface area (Å²) in [6.45, 7) is 5.76. The molecule has 0 saturated heterocycles. The average Bonchev–Trinajstić information content (AvgIpc) is 2.87. The van der Waals surface area contributed by atoms with Gasteiger partial charge >= 0.3 is 0 Å². The largest absolute Gasteiger partial charge is 0.370 e. The van der Waals surface area contributed by atoms with Crippen LogP contribution in [0.5, 0.6) is 0 Å². The first-order chi connectivity index (χ1) is 10.1. The Labute approximate surface area is 128 Å². The molecule has 0 atom stereocenters. The Morgan fingerprint density at radius 1 is 1.43 bits per heavy atom. The minimum Gasteiger partial charge on any atom is -0.370 e. The first kappa shape index (κ1) is 15.3. The van der Waals surface area contributed by atoms with E-state index < -0.39 is 0 Å². The standard InChI is InChI=1S/C14H18ClN5O/c1-3-16-13-6-11(12(15)8-18-13)14(21)17-4-5-20-9-10(2)7-19-20/h6-9H,3-5H2,1-2H3,(H,16,18)(H,17,21). The molecule has 21 heavy (non-hydrogen) atoms. The number of pyridine rings is 1. The van der Waals surface area contributed by atoms with E-state index in [-0.39, 0.29) is 5.91 Å². The molecule has 2 N–H and O–H groups in total. The van der Waals surface area contributed by atoms with Crippen molar-refractivity contribution in [3.05, 3.63) is 40.8 Å². The summed E-state index contributed by atoms with van der Waals surface area (Å²) < 4.78 is 1.79. The summed E-state index contributed by atoms with van der Waals surface area (Å²) in [5, 5.41) is 10.4. The van der Waals surface area contributed by atoms with E-state index in [0.717, 1.165) is 12.1 Å². The van der Waals surface area contributed by atoms with Crippen LogP contribution < -0.4 is 10.6 Å². The summed E-state index contributed by atoms with van der Waals surface area (Å²) >= 11 is 6.02. The molecule has 0 aliphatic rings. The molecule has 6 nitrogen and oxygen atoms in total. The quantitative estimate of drug-likeness (QED) is 0.857. The molecule has 0 aromatic carbocycles. The van der Waals surface area contributed by atoms with Crippen molar-refractivity contribution in [3.63, 3.8) is 0 Å². The van der Waals surface area contributed by atoms with Crippen molar-refractivity contribution in [1.29, 1.82) is 0 Å². The van der Waals surface area contributed by atoms with Crippen LogP contribution in [-0.2, 0) is 6.54 Å². The fourth-order valence-corrected chi connectivity index (χ4v) is 2.05. The van der Waals surface area contributed by atoms with E-state index in [1.807, 2.05) is 20.0 Å². The van der Waals surface area contributed by atoms with E-state index >= 15 is 0 Å². The zero-order chi connectivity index (χ0) is 15.2. The van der Waals surface area contributed by atoms with Gasteiger partial charge in [-0.25, -0.2) is 4.98 Å². The highest BCUT2D eigenvalue weighted by atomic mass is 35.5. The second-order valence-corrected chi connectivity index (χ2v) is 5.02. The Morgan fingerprint density at radius 3 is 2.90 bits per heavy atom. The highest BCUT2D eigenvalue weighted by Crippen LogP contribution is 2.17. The zero-order valence-electron chi connectivity index (χ0n) is 12.1. The lowest BCUT2D eigenvalue weighted by molar-refractivity contribution is 0.0952. The van der Waals surface area contributed by atoms with E-state index in [9.17, 15) is 4.79 Å². The monoisotopic (exact) mass is 307 g/mol. The van der Waals surface area contributed by atoms with Crippen molar-refractivity contribution in [2.75, 3.05) is 18.4 Å². The summed E-state index contributed by atoms with van der Waals surface area (Å²) in [4.78, 5) is 16.2. The molecule has 0 spiro atoms. The molecule has 0 radical (unpaired) electrons. The summed E-state index contributed by atoms with van der Waals surface area (Å²) in [5.74, 6) is 0.417. The molecular weight excluding hydrogens is 290 g/mol. The number of aryl methyl sites for hydroxylation is 1. The smallest absolute Gasteiger partial charge is 0.253 e. The highest BCUT2D eigenvalue weighted by Gasteiger charge is 2.11. The predicted molar refractivity (Wildman–Crippen MR) is 82.7 cm³/mol. The second kappa shape index (κ2) is 7.08. The number of nitrogens with zero attached hydrogens (tertiary/aromatic N) is 3. The number of aromatic nitrogens is 3. The molecule has 1 amide bonds. The van der Waals surface area contributed by atoms with Crippen LogP contribution in [0.1, 0.15) is 22.8 Å². The summed E-state index contributed by atoms with van der Waals surface area (Å²) in [6.07, 6.45) is 5.18. The Kier molecular flexibility index (Phi) is 5.16. The second-order valence-electron chi connectivity index (χ2n) is 4.62. The molecule has 0 saturated carbocycles. The van der Waals surface area contributed by atoms with Crippen molar-refractivity contribution in [1.82, 2.24) is 20.1 Å². The molecular formula is C14H18ClN5O. The van der Waals surface area contributed by atoms with E-state index in [1.54, 1.807) is 16.9 Å². The highest BCUT2D eigenvalue weighted by molar-refractivity contribution is 6.33. The minimum atomic E-state index is -0.217. The Hall–Kier alpha value is -2.08. The molecule has 0 aliphatic heterocycles. The van der Waals surface area contributed by atoms with Gasteiger partial charge in [0.1, 0.15) is 5.82 Å². The Balaban J connectivity index is 1.94. The lowest BCUT2D eigenvalue weighted by Gasteiger charge is -2.09. The Morgan fingerprint density at radius 2 is 2.24 bits per heavy atom. The van der Waals surface area contributed by atoms with Crippen LogP contribution in [0.25, 0.3) is 0 Å². The fraction of sp³-hybridized carbons (Fsp3) is 0.357. The number of rotatable bonds is 6. The predicted octanol–water partition coefficient (Wildman–Crippen LogP) is 2.10. The van der Waals surface area contributed by atoms with Gasteiger partial charge in [0.15, 0.2) is 0 Å². The van der Waals surface area contributed by atoms with E-state index in [0.29, 0.717) is 29.5 Å². The lowest BCUT2D eigenvalue weighted by Crippen LogP contribution is -2.27. The van der Waals surface area contributed by atoms with Crippen molar-refractivity contribution >= 4 is 23.3 Å². The number of anilines is 1. The van der Waals surface area contributed by atoms with Crippen LogP contribution in [0.4, 0.5) is 5.82 Å². The van der Waals surface area contributed by atoms with Crippen molar-refractivity contribution in [3.8, 4) is 0 Å². The number of amides is 1. The molecule has 0 aliphatic carbocycles. The van der Waals surface area contributed by atoms with Crippen molar-refractivity contribution in [2.45, 2.75) is 20.4 Å². The normalized spacial score (nSPS) is 10.4. The van der Waals surface area contributed by atoms with Gasteiger partial charge in [0.25, 0.3) is 5.91 Å². The fourth-order valence-electron chi connectivity index (χ4n) is 1.86. The maximum Gasteiger partial charge on any atom is 0.253 e. The third kappa shape index (κ3) is 4.19. The summed E-state index contributed by atoms with van der Waals surface area (Å²) in [6, 6.07) is 1.65. The van der Waals surface area contributed by atoms with Crippen LogP contribution in [0, 0.1) is 6.92 Å². The van der Waals surface area contributed by atoms with Gasteiger partial charge in [-0.15, -0.1) is 0 Å². The number of halogens is 1. The van der Waals surface area contributed by atoms with Gasteiger partial charge in [-0.05, 0) is 25.5 Å². The lowest BCUT2D eigenvalue weighted by atomic mass is 10.2. The maximum atomic E-state index is 12.1. The molecule has 2 heterocycles. The van der Waals surface area contributed by atoms with E-state index in [2.05, 4.69) is 20.7 Å². The minimum absolute atomic E-state index is 0.217. The van der Waals surface area contributed by atoms with Gasteiger partial charge in [-0.1, -0.05) is 11.6 Å².